The third kappa shape index (κ3) is 8.15. The molecule has 0 radical (unpaired) electrons. The lowest BCUT2D eigenvalue weighted by Crippen LogP contribution is -2.30. The quantitative estimate of drug-likeness (QED) is 0.439. The number of unbranched alkanes of at least 4 members (excludes halogenated alkanes) is 1. The second kappa shape index (κ2) is 10.7. The molecule has 0 fully saturated rings. The maximum Gasteiger partial charge on any atom is 0.309 e. The third-order valence-corrected chi connectivity index (χ3v) is 5.13. The number of hydrogen-bond donors (Lipinski definition) is 0. The Morgan fingerprint density at radius 3 is 2.28 bits per heavy atom. The first-order valence-corrected chi connectivity index (χ1v) is 10.1. The lowest BCUT2D eigenvalue weighted by atomic mass is 9.78. The molecule has 0 aromatic heterocycles. The smallest absolute Gasteiger partial charge is 0.309 e. The van der Waals surface area contributed by atoms with Crippen molar-refractivity contribution in [1.29, 1.82) is 0 Å². The summed E-state index contributed by atoms with van der Waals surface area (Å²) in [5, 5.41) is 0. The Morgan fingerprint density at radius 2 is 1.72 bits per heavy atom. The summed E-state index contributed by atoms with van der Waals surface area (Å²) in [5.41, 5.74) is 1.04. The molecule has 0 aliphatic heterocycles. The zero-order valence-electron chi connectivity index (χ0n) is 16.2. The van der Waals surface area contributed by atoms with Gasteiger partial charge in [-0.25, -0.2) is 4.21 Å². The van der Waals surface area contributed by atoms with Crippen molar-refractivity contribution in [2.45, 2.75) is 65.2 Å². The second-order valence-electron chi connectivity index (χ2n) is 7.45. The molecule has 2 atom stereocenters. The van der Waals surface area contributed by atoms with Crippen LogP contribution in [0.2, 0.25) is 0 Å². The van der Waals surface area contributed by atoms with E-state index in [0.717, 1.165) is 18.4 Å². The summed E-state index contributed by atoms with van der Waals surface area (Å²) in [5.74, 6) is -0.179. The number of rotatable bonds is 10. The molecule has 1 aromatic carbocycles. The Balaban J connectivity index is 2.24. The average Bonchev–Trinajstić information content (AvgIpc) is 2.54. The topological polar surface area (TPSA) is 52.6 Å². The van der Waals surface area contributed by atoms with E-state index in [1.165, 1.54) is 0 Å². The van der Waals surface area contributed by atoms with E-state index in [-0.39, 0.29) is 17.3 Å². The Bertz CT molecular complexity index is 546. The Morgan fingerprint density at radius 1 is 1.12 bits per heavy atom. The van der Waals surface area contributed by atoms with E-state index in [9.17, 15) is 9.00 Å². The predicted octanol–water partition coefficient (Wildman–Crippen LogP) is 4.82. The highest BCUT2D eigenvalue weighted by Crippen LogP contribution is 2.30. The number of benzene rings is 1. The first-order valence-electron chi connectivity index (χ1n) is 9.04. The molecule has 0 N–H and O–H groups in total. The van der Waals surface area contributed by atoms with Crippen LogP contribution < -0.4 is 0 Å². The number of ether oxygens (including phenoxy) is 1. The lowest BCUT2D eigenvalue weighted by Gasteiger charge is -2.28. The highest BCUT2D eigenvalue weighted by Gasteiger charge is 2.31. The van der Waals surface area contributed by atoms with Crippen LogP contribution in [0.25, 0.3) is 0 Å². The molecule has 0 aliphatic carbocycles. The van der Waals surface area contributed by atoms with Gasteiger partial charge in [-0.05, 0) is 43.7 Å². The fourth-order valence-electron chi connectivity index (χ4n) is 2.52. The van der Waals surface area contributed by atoms with Crippen molar-refractivity contribution in [2.24, 2.45) is 11.3 Å². The standard InChI is InChI=1S/C20H32O4S/c1-6-9-18(20(3,4)5)19(21)23-14-7-8-15-24-25(22)17-12-10-16(2)11-13-17/h10-13,18H,6-9,14-15H2,1-5H3. The summed E-state index contributed by atoms with van der Waals surface area (Å²) in [7, 11) is 0. The number of aryl methyl sites for hydroxylation is 1. The molecular formula is C20H32O4S. The molecule has 5 heteroatoms. The molecule has 0 saturated carbocycles. The highest BCUT2D eigenvalue weighted by molar-refractivity contribution is 7.80. The van der Waals surface area contributed by atoms with Crippen molar-refractivity contribution in [1.82, 2.24) is 0 Å². The fraction of sp³-hybridized carbons (Fsp3) is 0.650. The molecular weight excluding hydrogens is 336 g/mol. The molecule has 0 heterocycles. The van der Waals surface area contributed by atoms with Gasteiger partial charge in [0.2, 0.25) is 0 Å². The normalized spacial score (nSPS) is 14.1. The van der Waals surface area contributed by atoms with E-state index in [0.29, 0.717) is 31.0 Å². The zero-order chi connectivity index (χ0) is 18.9. The van der Waals surface area contributed by atoms with Gasteiger partial charge >= 0.3 is 5.97 Å². The average molecular weight is 369 g/mol. The molecule has 2 unspecified atom stereocenters. The van der Waals surface area contributed by atoms with Gasteiger partial charge in [-0.1, -0.05) is 51.8 Å². The number of hydrogen-bond acceptors (Lipinski definition) is 4. The molecule has 0 amide bonds. The van der Waals surface area contributed by atoms with Crippen molar-refractivity contribution in [2.75, 3.05) is 13.2 Å². The van der Waals surface area contributed by atoms with Gasteiger partial charge in [0.05, 0.1) is 24.0 Å². The molecule has 1 aromatic rings. The van der Waals surface area contributed by atoms with Gasteiger partial charge < -0.3 is 4.74 Å². The SMILES string of the molecule is CCCC(C(=O)OCCCCOS(=O)c1ccc(C)cc1)C(C)(C)C. The summed E-state index contributed by atoms with van der Waals surface area (Å²) in [6.07, 6.45) is 3.23. The van der Waals surface area contributed by atoms with Crippen molar-refractivity contribution < 1.29 is 17.9 Å². The van der Waals surface area contributed by atoms with Gasteiger partial charge in [0, 0.05) is 0 Å². The van der Waals surface area contributed by atoms with Crippen LogP contribution in [0.15, 0.2) is 29.2 Å². The van der Waals surface area contributed by atoms with Crippen molar-refractivity contribution in [3.05, 3.63) is 29.8 Å². The minimum absolute atomic E-state index is 0.0669. The summed E-state index contributed by atoms with van der Waals surface area (Å²) in [4.78, 5) is 12.9. The van der Waals surface area contributed by atoms with Crippen molar-refractivity contribution in [3.8, 4) is 0 Å². The van der Waals surface area contributed by atoms with Crippen LogP contribution >= 0.6 is 0 Å². The largest absolute Gasteiger partial charge is 0.465 e. The first kappa shape index (κ1) is 21.8. The summed E-state index contributed by atoms with van der Waals surface area (Å²) >= 11 is -1.44. The maximum atomic E-state index is 12.2. The monoisotopic (exact) mass is 368 g/mol. The molecule has 1 rings (SSSR count). The van der Waals surface area contributed by atoms with Gasteiger partial charge in [-0.2, -0.15) is 0 Å². The summed E-state index contributed by atoms with van der Waals surface area (Å²) in [6.45, 7) is 11.1. The molecule has 142 valence electrons. The molecule has 4 nitrogen and oxygen atoms in total. The summed E-state index contributed by atoms with van der Waals surface area (Å²) in [6, 6.07) is 7.46. The van der Waals surface area contributed by atoms with Crippen LogP contribution in [0.4, 0.5) is 0 Å². The van der Waals surface area contributed by atoms with Crippen LogP contribution in [-0.2, 0) is 24.8 Å². The Hall–Kier alpha value is -1.20. The highest BCUT2D eigenvalue weighted by atomic mass is 32.2. The van der Waals surface area contributed by atoms with Gasteiger partial charge in [0.1, 0.15) is 0 Å². The summed E-state index contributed by atoms with van der Waals surface area (Å²) < 4.78 is 22.7. The van der Waals surface area contributed by atoms with Gasteiger partial charge in [0.15, 0.2) is 11.1 Å². The minimum Gasteiger partial charge on any atom is -0.465 e. The number of esters is 1. The van der Waals surface area contributed by atoms with Crippen LogP contribution in [0, 0.1) is 18.3 Å². The van der Waals surface area contributed by atoms with E-state index in [2.05, 4.69) is 27.7 Å². The molecule has 0 aliphatic rings. The number of carbonyl (C=O) groups excluding carboxylic acids is 1. The maximum absolute atomic E-state index is 12.2. The fourth-order valence-corrected chi connectivity index (χ4v) is 3.29. The van der Waals surface area contributed by atoms with Gasteiger partial charge in [-0.15, -0.1) is 0 Å². The number of carbonyl (C=O) groups is 1. The Labute approximate surface area is 155 Å². The van der Waals surface area contributed by atoms with E-state index < -0.39 is 11.1 Å². The van der Waals surface area contributed by atoms with Crippen LogP contribution in [0.5, 0.6) is 0 Å². The van der Waals surface area contributed by atoms with Crippen LogP contribution in [0.3, 0.4) is 0 Å². The van der Waals surface area contributed by atoms with Gasteiger partial charge in [0.25, 0.3) is 0 Å². The van der Waals surface area contributed by atoms with E-state index in [1.54, 1.807) is 0 Å². The van der Waals surface area contributed by atoms with Crippen molar-refractivity contribution >= 4 is 17.0 Å². The molecule has 0 saturated heterocycles. The van der Waals surface area contributed by atoms with Crippen LogP contribution in [-0.4, -0.2) is 23.4 Å². The molecule has 25 heavy (non-hydrogen) atoms. The predicted molar refractivity (Wildman–Crippen MR) is 102 cm³/mol. The molecule has 0 bridgehead atoms. The van der Waals surface area contributed by atoms with Crippen molar-refractivity contribution in [3.63, 3.8) is 0 Å². The van der Waals surface area contributed by atoms with E-state index in [4.69, 9.17) is 8.92 Å². The minimum atomic E-state index is -1.44. The molecule has 0 spiro atoms. The van der Waals surface area contributed by atoms with E-state index >= 15 is 0 Å². The first-order chi connectivity index (χ1) is 11.8. The Kier molecular flexibility index (Phi) is 9.36. The van der Waals surface area contributed by atoms with Crippen LogP contribution in [0.1, 0.15) is 58.9 Å². The second-order valence-corrected chi connectivity index (χ2v) is 8.63. The lowest BCUT2D eigenvalue weighted by molar-refractivity contribution is -0.153. The van der Waals surface area contributed by atoms with Gasteiger partial charge in [-0.3, -0.25) is 8.98 Å². The third-order valence-electron chi connectivity index (χ3n) is 4.09. The van der Waals surface area contributed by atoms with E-state index in [1.807, 2.05) is 31.2 Å². The zero-order valence-corrected chi connectivity index (χ0v) is 17.0.